The summed E-state index contributed by atoms with van der Waals surface area (Å²) in [7, 11) is 1.62. The zero-order valence-electron chi connectivity index (χ0n) is 17.4. The van der Waals surface area contributed by atoms with E-state index in [2.05, 4.69) is 15.5 Å². The van der Waals surface area contributed by atoms with E-state index >= 15 is 0 Å². The zero-order valence-corrected chi connectivity index (χ0v) is 18.2. The van der Waals surface area contributed by atoms with Crippen LogP contribution < -0.4 is 15.0 Å². The first kappa shape index (κ1) is 20.9. The lowest BCUT2D eigenvalue weighted by Crippen LogP contribution is -2.23. The molecule has 2 heterocycles. The third-order valence-electron chi connectivity index (χ3n) is 4.99. The highest BCUT2D eigenvalue weighted by atomic mass is 32.2. The molecule has 160 valence electrons. The molecule has 8 nitrogen and oxygen atoms in total. The van der Waals surface area contributed by atoms with Crippen molar-refractivity contribution in [3.05, 3.63) is 54.4 Å². The van der Waals surface area contributed by atoms with Crippen molar-refractivity contribution >= 4 is 35.0 Å². The van der Waals surface area contributed by atoms with Gasteiger partial charge in [0.2, 0.25) is 11.8 Å². The van der Waals surface area contributed by atoms with Crippen LogP contribution >= 0.6 is 11.8 Å². The van der Waals surface area contributed by atoms with E-state index in [1.165, 1.54) is 11.8 Å². The third kappa shape index (κ3) is 4.72. The summed E-state index contributed by atoms with van der Waals surface area (Å²) in [6, 6.07) is 14.9. The molecule has 1 aliphatic heterocycles. The summed E-state index contributed by atoms with van der Waals surface area (Å²) >= 11 is 1.32. The summed E-state index contributed by atoms with van der Waals surface area (Å²) in [6.45, 7) is 2.61. The lowest BCUT2D eigenvalue weighted by atomic mass is 10.2. The fourth-order valence-electron chi connectivity index (χ4n) is 3.44. The van der Waals surface area contributed by atoms with Gasteiger partial charge in [0, 0.05) is 30.0 Å². The number of methoxy groups -OCH3 is 1. The summed E-state index contributed by atoms with van der Waals surface area (Å²) < 4.78 is 7.11. The Kier molecular flexibility index (Phi) is 6.22. The lowest BCUT2D eigenvalue weighted by Gasteiger charge is -2.16. The highest BCUT2D eigenvalue weighted by Crippen LogP contribution is 2.25. The average molecular weight is 438 g/mol. The number of hydrogen-bond acceptors (Lipinski definition) is 6. The summed E-state index contributed by atoms with van der Waals surface area (Å²) in [6.07, 6.45) is 1.48. The molecule has 31 heavy (non-hydrogen) atoms. The Bertz CT molecular complexity index is 1080. The normalized spacial score (nSPS) is 13.5. The topological polar surface area (TPSA) is 89.3 Å². The minimum absolute atomic E-state index is 0.142. The van der Waals surface area contributed by atoms with Gasteiger partial charge < -0.3 is 15.0 Å². The lowest BCUT2D eigenvalue weighted by molar-refractivity contribution is -0.117. The standard InChI is InChI=1S/C22H23N5O3S/c1-15-24-25-22(27(15)18-9-11-19(30-2)12-10-18)31-14-20(28)23-16-5-7-17(8-6-16)26-13-3-4-21(26)29/h5-12H,3-4,13-14H2,1-2H3,(H,23,28). The van der Waals surface area contributed by atoms with Crippen LogP contribution in [0.3, 0.4) is 0 Å². The maximum atomic E-state index is 12.4. The number of rotatable bonds is 7. The third-order valence-corrected chi connectivity index (χ3v) is 5.92. The molecule has 0 radical (unpaired) electrons. The summed E-state index contributed by atoms with van der Waals surface area (Å²) in [5.74, 6) is 1.70. The number of thioether (sulfide) groups is 1. The molecule has 1 aromatic heterocycles. The van der Waals surface area contributed by atoms with E-state index < -0.39 is 0 Å². The number of amides is 2. The van der Waals surface area contributed by atoms with Crippen LogP contribution in [-0.2, 0) is 9.59 Å². The molecule has 0 atom stereocenters. The van der Waals surface area contributed by atoms with Crippen molar-refractivity contribution < 1.29 is 14.3 Å². The first-order chi connectivity index (χ1) is 15.0. The van der Waals surface area contributed by atoms with Crippen molar-refractivity contribution in [3.63, 3.8) is 0 Å². The van der Waals surface area contributed by atoms with E-state index in [0.29, 0.717) is 17.3 Å². The number of anilines is 2. The molecule has 4 rings (SSSR count). The SMILES string of the molecule is COc1ccc(-n2c(C)nnc2SCC(=O)Nc2ccc(N3CCCC3=O)cc2)cc1. The smallest absolute Gasteiger partial charge is 0.234 e. The predicted molar refractivity (Wildman–Crippen MR) is 120 cm³/mol. The number of carbonyl (C=O) groups excluding carboxylic acids is 2. The Labute approximate surface area is 184 Å². The fraction of sp³-hybridized carbons (Fsp3) is 0.273. The van der Waals surface area contributed by atoms with Gasteiger partial charge in [0.05, 0.1) is 12.9 Å². The fourth-order valence-corrected chi connectivity index (χ4v) is 4.24. The van der Waals surface area contributed by atoms with Crippen molar-refractivity contribution in [2.24, 2.45) is 0 Å². The van der Waals surface area contributed by atoms with Gasteiger partial charge in [-0.2, -0.15) is 0 Å². The summed E-state index contributed by atoms with van der Waals surface area (Å²) in [5.41, 5.74) is 2.45. The monoisotopic (exact) mass is 437 g/mol. The van der Waals surface area contributed by atoms with Crippen molar-refractivity contribution in [3.8, 4) is 11.4 Å². The molecular formula is C22H23N5O3S. The van der Waals surface area contributed by atoms with Crippen molar-refractivity contribution in [1.82, 2.24) is 14.8 Å². The first-order valence-corrected chi connectivity index (χ1v) is 10.9. The average Bonchev–Trinajstić information content (AvgIpc) is 3.38. The van der Waals surface area contributed by atoms with Crippen LogP contribution in [-0.4, -0.2) is 46.0 Å². The van der Waals surface area contributed by atoms with Crippen LogP contribution in [0.5, 0.6) is 5.75 Å². The van der Waals surface area contributed by atoms with Gasteiger partial charge in [-0.15, -0.1) is 10.2 Å². The van der Waals surface area contributed by atoms with Crippen LogP contribution in [0.2, 0.25) is 0 Å². The number of ether oxygens (including phenoxy) is 1. The maximum Gasteiger partial charge on any atom is 0.234 e. The number of benzene rings is 2. The number of nitrogens with one attached hydrogen (secondary N) is 1. The Morgan fingerprint density at radius 2 is 1.81 bits per heavy atom. The number of nitrogens with zero attached hydrogens (tertiary/aromatic N) is 4. The van der Waals surface area contributed by atoms with Gasteiger partial charge in [-0.1, -0.05) is 11.8 Å². The molecule has 9 heteroatoms. The molecule has 1 fully saturated rings. The van der Waals surface area contributed by atoms with E-state index in [0.717, 1.165) is 35.9 Å². The van der Waals surface area contributed by atoms with Gasteiger partial charge in [0.25, 0.3) is 0 Å². The number of aryl methyl sites for hydroxylation is 1. The van der Waals surface area contributed by atoms with E-state index in [-0.39, 0.29) is 17.6 Å². The molecular weight excluding hydrogens is 414 g/mol. The number of carbonyl (C=O) groups is 2. The van der Waals surface area contributed by atoms with Gasteiger partial charge in [-0.25, -0.2) is 0 Å². The van der Waals surface area contributed by atoms with Gasteiger partial charge in [-0.3, -0.25) is 14.2 Å². The minimum Gasteiger partial charge on any atom is -0.497 e. The Morgan fingerprint density at radius 3 is 2.45 bits per heavy atom. The highest BCUT2D eigenvalue weighted by Gasteiger charge is 2.21. The molecule has 0 bridgehead atoms. The number of aromatic nitrogens is 3. The molecule has 0 saturated carbocycles. The quantitative estimate of drug-likeness (QED) is 0.570. The maximum absolute atomic E-state index is 12.4. The van der Waals surface area contributed by atoms with Gasteiger partial charge in [-0.05, 0) is 61.9 Å². The molecule has 1 N–H and O–H groups in total. The highest BCUT2D eigenvalue weighted by molar-refractivity contribution is 7.99. The Balaban J connectivity index is 1.37. The Hall–Kier alpha value is -3.33. The molecule has 3 aromatic rings. The second-order valence-corrected chi connectivity index (χ2v) is 8.04. The molecule has 2 aromatic carbocycles. The predicted octanol–water partition coefficient (Wildman–Crippen LogP) is 3.44. The number of hydrogen-bond donors (Lipinski definition) is 1. The molecule has 0 unspecified atom stereocenters. The summed E-state index contributed by atoms with van der Waals surface area (Å²) in [5, 5.41) is 11.9. The minimum atomic E-state index is -0.142. The molecule has 1 saturated heterocycles. The van der Waals surface area contributed by atoms with E-state index in [9.17, 15) is 9.59 Å². The first-order valence-electron chi connectivity index (χ1n) is 9.94. The second kappa shape index (κ2) is 9.22. The van der Waals surface area contributed by atoms with Crippen LogP contribution in [0.25, 0.3) is 5.69 Å². The molecule has 1 aliphatic rings. The van der Waals surface area contributed by atoms with E-state index in [1.807, 2.05) is 60.0 Å². The van der Waals surface area contributed by atoms with Crippen molar-refractivity contribution in [1.29, 1.82) is 0 Å². The van der Waals surface area contributed by atoms with Gasteiger partial charge >= 0.3 is 0 Å². The van der Waals surface area contributed by atoms with Crippen LogP contribution in [0.4, 0.5) is 11.4 Å². The van der Waals surface area contributed by atoms with Crippen molar-refractivity contribution in [2.45, 2.75) is 24.9 Å². The van der Waals surface area contributed by atoms with Crippen LogP contribution in [0.15, 0.2) is 53.7 Å². The van der Waals surface area contributed by atoms with Gasteiger partial charge in [0.15, 0.2) is 5.16 Å². The molecule has 2 amide bonds. The van der Waals surface area contributed by atoms with Crippen molar-refractivity contribution in [2.75, 3.05) is 29.6 Å². The zero-order chi connectivity index (χ0) is 21.8. The largest absolute Gasteiger partial charge is 0.497 e. The van der Waals surface area contributed by atoms with Gasteiger partial charge in [0.1, 0.15) is 11.6 Å². The van der Waals surface area contributed by atoms with E-state index in [4.69, 9.17) is 4.74 Å². The molecule has 0 spiro atoms. The Morgan fingerprint density at radius 1 is 1.10 bits per heavy atom. The summed E-state index contributed by atoms with van der Waals surface area (Å²) in [4.78, 5) is 26.1. The van der Waals surface area contributed by atoms with E-state index in [1.54, 1.807) is 12.0 Å². The molecule has 0 aliphatic carbocycles. The van der Waals surface area contributed by atoms with Crippen LogP contribution in [0, 0.1) is 6.92 Å². The second-order valence-electron chi connectivity index (χ2n) is 7.10. The van der Waals surface area contributed by atoms with Crippen LogP contribution in [0.1, 0.15) is 18.7 Å².